The molecule has 5 N–H and O–H groups in total. The molecule has 1 aliphatic heterocycles. The van der Waals surface area contributed by atoms with Gasteiger partial charge in [-0.1, -0.05) is 0 Å². The van der Waals surface area contributed by atoms with Gasteiger partial charge in [-0.2, -0.15) is 0 Å². The SMILES string of the molecule is CC(Nc1ccc(N)c(C(N)=O)c1)C(=O)N1CCOCC1. The van der Waals surface area contributed by atoms with Crippen molar-refractivity contribution >= 4 is 23.2 Å². The molecule has 1 aromatic rings. The zero-order valence-electron chi connectivity index (χ0n) is 12.0. The summed E-state index contributed by atoms with van der Waals surface area (Å²) in [5.41, 5.74) is 12.1. The van der Waals surface area contributed by atoms with Crippen molar-refractivity contribution in [1.29, 1.82) is 0 Å². The minimum atomic E-state index is -0.594. The number of nitrogens with two attached hydrogens (primary N) is 2. The number of morpholine rings is 1. The number of carbonyl (C=O) groups excluding carboxylic acids is 2. The Balaban J connectivity index is 2.05. The van der Waals surface area contributed by atoms with E-state index in [0.29, 0.717) is 37.7 Å². The van der Waals surface area contributed by atoms with Crippen LogP contribution in [-0.4, -0.2) is 49.1 Å². The minimum Gasteiger partial charge on any atom is -0.398 e. The van der Waals surface area contributed by atoms with Crippen LogP contribution in [0.1, 0.15) is 17.3 Å². The summed E-state index contributed by atoms with van der Waals surface area (Å²) in [6, 6.07) is 4.45. The van der Waals surface area contributed by atoms with Crippen molar-refractivity contribution in [3.05, 3.63) is 23.8 Å². The van der Waals surface area contributed by atoms with E-state index in [1.165, 1.54) is 0 Å². The van der Waals surface area contributed by atoms with E-state index >= 15 is 0 Å². The molecule has 1 unspecified atom stereocenters. The molecule has 21 heavy (non-hydrogen) atoms. The third-order valence-electron chi connectivity index (χ3n) is 3.40. The van der Waals surface area contributed by atoms with Gasteiger partial charge in [0, 0.05) is 24.5 Å². The molecule has 0 saturated carbocycles. The van der Waals surface area contributed by atoms with Crippen LogP contribution in [0.3, 0.4) is 0 Å². The van der Waals surface area contributed by atoms with Crippen LogP contribution in [0.5, 0.6) is 0 Å². The summed E-state index contributed by atoms with van der Waals surface area (Å²) >= 11 is 0. The maximum Gasteiger partial charge on any atom is 0.250 e. The Labute approximate surface area is 123 Å². The fourth-order valence-corrected chi connectivity index (χ4v) is 2.23. The number of nitrogen functional groups attached to an aromatic ring is 1. The number of hydrogen-bond acceptors (Lipinski definition) is 5. The van der Waals surface area contributed by atoms with Crippen LogP contribution in [-0.2, 0) is 9.53 Å². The number of carbonyl (C=O) groups is 2. The average Bonchev–Trinajstić information content (AvgIpc) is 2.49. The maximum absolute atomic E-state index is 12.3. The van der Waals surface area contributed by atoms with Crippen molar-refractivity contribution in [1.82, 2.24) is 4.90 Å². The van der Waals surface area contributed by atoms with Crippen LogP contribution in [0.15, 0.2) is 18.2 Å². The number of nitrogens with zero attached hydrogens (tertiary/aromatic N) is 1. The number of amides is 2. The molecule has 0 bridgehead atoms. The fraction of sp³-hybridized carbons (Fsp3) is 0.429. The molecule has 114 valence electrons. The Morgan fingerprint density at radius 3 is 2.62 bits per heavy atom. The van der Waals surface area contributed by atoms with Gasteiger partial charge in [-0.25, -0.2) is 0 Å². The molecule has 1 fully saturated rings. The standard InChI is InChI=1S/C14H20N4O3/c1-9(14(20)18-4-6-21-7-5-18)17-10-2-3-12(15)11(8-10)13(16)19/h2-3,8-9,17H,4-7,15H2,1H3,(H2,16,19). The van der Waals surface area contributed by atoms with E-state index in [1.807, 2.05) is 0 Å². The molecule has 1 aliphatic rings. The van der Waals surface area contributed by atoms with Crippen LogP contribution in [0.2, 0.25) is 0 Å². The summed E-state index contributed by atoms with van der Waals surface area (Å²) in [6.45, 7) is 4.09. The molecule has 2 amide bonds. The van der Waals surface area contributed by atoms with E-state index < -0.39 is 11.9 Å². The largest absolute Gasteiger partial charge is 0.398 e. The predicted octanol–water partition coefficient (Wildman–Crippen LogP) is 0.0269. The molecule has 7 nitrogen and oxygen atoms in total. The van der Waals surface area contributed by atoms with Crippen LogP contribution < -0.4 is 16.8 Å². The van der Waals surface area contributed by atoms with E-state index in [2.05, 4.69) is 5.32 Å². The second-order valence-electron chi connectivity index (χ2n) is 4.97. The molecule has 0 radical (unpaired) electrons. The van der Waals surface area contributed by atoms with Gasteiger partial charge < -0.3 is 26.4 Å². The first-order valence-corrected chi connectivity index (χ1v) is 6.81. The highest BCUT2D eigenvalue weighted by atomic mass is 16.5. The summed E-state index contributed by atoms with van der Waals surface area (Å²) in [6.07, 6.45) is 0. The number of benzene rings is 1. The number of hydrogen-bond donors (Lipinski definition) is 3. The van der Waals surface area contributed by atoms with Crippen LogP contribution >= 0.6 is 0 Å². The van der Waals surface area contributed by atoms with Gasteiger partial charge in [-0.3, -0.25) is 9.59 Å². The van der Waals surface area contributed by atoms with Crippen molar-refractivity contribution in [2.24, 2.45) is 5.73 Å². The van der Waals surface area contributed by atoms with Gasteiger partial charge >= 0.3 is 0 Å². The smallest absolute Gasteiger partial charge is 0.250 e. The van der Waals surface area contributed by atoms with Gasteiger partial charge in [-0.05, 0) is 25.1 Å². The Morgan fingerprint density at radius 1 is 1.33 bits per heavy atom. The van der Waals surface area contributed by atoms with Crippen molar-refractivity contribution in [3.63, 3.8) is 0 Å². The molecule has 1 aromatic carbocycles. The average molecular weight is 292 g/mol. The Hall–Kier alpha value is -2.28. The molecule has 1 atom stereocenters. The monoisotopic (exact) mass is 292 g/mol. The lowest BCUT2D eigenvalue weighted by Crippen LogP contribution is -2.47. The maximum atomic E-state index is 12.3. The highest BCUT2D eigenvalue weighted by molar-refractivity contribution is 5.99. The van der Waals surface area contributed by atoms with Crippen LogP contribution in [0.25, 0.3) is 0 Å². The number of nitrogens with one attached hydrogen (secondary N) is 1. The Morgan fingerprint density at radius 2 is 2.00 bits per heavy atom. The molecule has 0 aliphatic carbocycles. The second-order valence-corrected chi connectivity index (χ2v) is 4.97. The number of ether oxygens (including phenoxy) is 1. The van der Waals surface area contributed by atoms with Crippen molar-refractivity contribution in [3.8, 4) is 0 Å². The summed E-state index contributed by atoms with van der Waals surface area (Å²) in [5, 5.41) is 3.07. The van der Waals surface area contributed by atoms with Crippen LogP contribution in [0, 0.1) is 0 Å². The van der Waals surface area contributed by atoms with E-state index in [9.17, 15) is 9.59 Å². The number of primary amides is 1. The summed E-state index contributed by atoms with van der Waals surface area (Å²) in [4.78, 5) is 25.3. The summed E-state index contributed by atoms with van der Waals surface area (Å²) < 4.78 is 5.22. The quantitative estimate of drug-likeness (QED) is 0.678. The molecule has 7 heteroatoms. The Bertz CT molecular complexity index is 541. The summed E-state index contributed by atoms with van der Waals surface area (Å²) in [7, 11) is 0. The Kier molecular flexibility index (Phi) is 4.64. The first-order chi connectivity index (χ1) is 9.99. The second kappa shape index (κ2) is 6.45. The topological polar surface area (TPSA) is 111 Å². The number of rotatable bonds is 4. The van der Waals surface area contributed by atoms with Gasteiger partial charge in [0.15, 0.2) is 0 Å². The van der Waals surface area contributed by atoms with E-state index in [1.54, 1.807) is 30.0 Å². The molecule has 1 heterocycles. The molecule has 0 aromatic heterocycles. The van der Waals surface area contributed by atoms with Gasteiger partial charge in [0.25, 0.3) is 5.91 Å². The van der Waals surface area contributed by atoms with Crippen molar-refractivity contribution in [2.75, 3.05) is 37.4 Å². The number of anilines is 2. The first-order valence-electron chi connectivity index (χ1n) is 6.81. The van der Waals surface area contributed by atoms with Gasteiger partial charge in [0.2, 0.25) is 5.91 Å². The van der Waals surface area contributed by atoms with Gasteiger partial charge in [0.1, 0.15) is 6.04 Å². The highest BCUT2D eigenvalue weighted by Gasteiger charge is 2.22. The van der Waals surface area contributed by atoms with Crippen LogP contribution in [0.4, 0.5) is 11.4 Å². The normalized spacial score (nSPS) is 16.3. The lowest BCUT2D eigenvalue weighted by molar-refractivity contribution is -0.135. The third kappa shape index (κ3) is 3.63. The first kappa shape index (κ1) is 15.1. The van der Waals surface area contributed by atoms with Crippen molar-refractivity contribution in [2.45, 2.75) is 13.0 Å². The van der Waals surface area contributed by atoms with E-state index in [-0.39, 0.29) is 11.5 Å². The van der Waals surface area contributed by atoms with E-state index in [0.717, 1.165) is 0 Å². The zero-order valence-corrected chi connectivity index (χ0v) is 12.0. The fourth-order valence-electron chi connectivity index (χ4n) is 2.23. The molecule has 1 saturated heterocycles. The third-order valence-corrected chi connectivity index (χ3v) is 3.40. The molecular formula is C14H20N4O3. The van der Waals surface area contributed by atoms with Gasteiger partial charge in [-0.15, -0.1) is 0 Å². The molecular weight excluding hydrogens is 272 g/mol. The van der Waals surface area contributed by atoms with Gasteiger partial charge in [0.05, 0.1) is 18.8 Å². The lowest BCUT2D eigenvalue weighted by Gasteiger charge is -2.29. The minimum absolute atomic E-state index is 0.00394. The highest BCUT2D eigenvalue weighted by Crippen LogP contribution is 2.18. The molecule has 0 spiro atoms. The van der Waals surface area contributed by atoms with E-state index in [4.69, 9.17) is 16.2 Å². The molecule has 2 rings (SSSR count). The summed E-state index contributed by atoms with van der Waals surface area (Å²) in [5.74, 6) is -0.598. The zero-order chi connectivity index (χ0) is 15.4. The lowest BCUT2D eigenvalue weighted by atomic mass is 10.1. The van der Waals surface area contributed by atoms with Crippen molar-refractivity contribution < 1.29 is 14.3 Å². The predicted molar refractivity (Wildman–Crippen MR) is 79.9 cm³/mol.